The molecule has 1 aromatic rings. The molecule has 4 nitrogen and oxygen atoms in total. The molecule has 1 aromatic carbocycles. The highest BCUT2D eigenvalue weighted by Gasteiger charge is 2.43. The zero-order valence-corrected chi connectivity index (χ0v) is 11.8. The van der Waals surface area contributed by atoms with Gasteiger partial charge in [-0.05, 0) is 43.2 Å². The fraction of sp³-hybridized carbons (Fsp3) is 0.562. The van der Waals surface area contributed by atoms with Crippen molar-refractivity contribution in [3.63, 3.8) is 0 Å². The van der Waals surface area contributed by atoms with Crippen molar-refractivity contribution < 1.29 is 14.6 Å². The molecule has 1 heterocycles. The van der Waals surface area contributed by atoms with Crippen LogP contribution < -0.4 is 5.32 Å². The fourth-order valence-corrected chi connectivity index (χ4v) is 2.95. The van der Waals surface area contributed by atoms with E-state index in [-0.39, 0.29) is 12.5 Å². The molecule has 20 heavy (non-hydrogen) atoms. The van der Waals surface area contributed by atoms with E-state index in [9.17, 15) is 9.90 Å². The van der Waals surface area contributed by atoms with E-state index in [2.05, 4.69) is 5.32 Å². The van der Waals surface area contributed by atoms with Gasteiger partial charge in [-0.2, -0.15) is 0 Å². The van der Waals surface area contributed by atoms with Crippen molar-refractivity contribution in [2.24, 2.45) is 5.92 Å². The smallest absolute Gasteiger partial charge is 0.254 e. The second-order valence-corrected chi connectivity index (χ2v) is 6.04. The predicted octanol–water partition coefficient (Wildman–Crippen LogP) is 1.58. The number of aliphatic hydroxyl groups excluding tert-OH is 1. The monoisotopic (exact) mass is 275 g/mol. The van der Waals surface area contributed by atoms with E-state index < -0.39 is 11.6 Å². The van der Waals surface area contributed by atoms with Crippen molar-refractivity contribution in [3.8, 4) is 0 Å². The molecule has 4 heteroatoms. The second-order valence-electron chi connectivity index (χ2n) is 6.04. The first-order valence-electron chi connectivity index (χ1n) is 7.26. The van der Waals surface area contributed by atoms with E-state index in [4.69, 9.17) is 4.74 Å². The van der Waals surface area contributed by atoms with Crippen LogP contribution in [-0.4, -0.2) is 29.8 Å². The lowest BCUT2D eigenvalue weighted by Gasteiger charge is -2.32. The van der Waals surface area contributed by atoms with Gasteiger partial charge in [-0.3, -0.25) is 4.79 Å². The molecular formula is C16H21NO3. The Kier molecular flexibility index (Phi) is 3.52. The standard InChI is InChI=1S/C16H21NO3/c1-16(10-18,12-6-7-12)17-15(19)14-13-5-3-2-4-11(13)8-9-20-14/h2-5,12,14,18H,6-10H2,1H3,(H,17,19). The van der Waals surface area contributed by atoms with Crippen LogP contribution in [0.5, 0.6) is 0 Å². The number of rotatable bonds is 4. The minimum Gasteiger partial charge on any atom is -0.394 e. The number of nitrogens with one attached hydrogen (secondary N) is 1. The third-order valence-corrected chi connectivity index (χ3v) is 4.45. The quantitative estimate of drug-likeness (QED) is 0.877. The molecule has 1 fully saturated rings. The van der Waals surface area contributed by atoms with Crippen LogP contribution in [-0.2, 0) is 16.0 Å². The van der Waals surface area contributed by atoms with Crippen molar-refractivity contribution in [2.75, 3.05) is 13.2 Å². The highest BCUT2D eigenvalue weighted by atomic mass is 16.5. The van der Waals surface area contributed by atoms with Crippen molar-refractivity contribution >= 4 is 5.91 Å². The lowest BCUT2D eigenvalue weighted by Crippen LogP contribution is -2.52. The predicted molar refractivity (Wildman–Crippen MR) is 75.2 cm³/mol. The molecule has 1 aliphatic carbocycles. The summed E-state index contributed by atoms with van der Waals surface area (Å²) in [6.45, 7) is 2.45. The average molecular weight is 275 g/mol. The van der Waals surface area contributed by atoms with Gasteiger partial charge in [-0.15, -0.1) is 0 Å². The summed E-state index contributed by atoms with van der Waals surface area (Å²) in [6, 6.07) is 7.91. The van der Waals surface area contributed by atoms with E-state index in [0.29, 0.717) is 12.5 Å². The average Bonchev–Trinajstić information content (AvgIpc) is 3.31. The van der Waals surface area contributed by atoms with Crippen molar-refractivity contribution in [2.45, 2.75) is 37.8 Å². The molecule has 2 N–H and O–H groups in total. The summed E-state index contributed by atoms with van der Waals surface area (Å²) in [5.41, 5.74) is 1.61. The molecule has 2 unspecified atom stereocenters. The highest BCUT2D eigenvalue weighted by molar-refractivity contribution is 5.83. The Morgan fingerprint density at radius 2 is 2.20 bits per heavy atom. The Balaban J connectivity index is 1.78. The number of fused-ring (bicyclic) bond motifs is 1. The van der Waals surface area contributed by atoms with Crippen LogP contribution >= 0.6 is 0 Å². The molecule has 0 spiro atoms. The van der Waals surface area contributed by atoms with E-state index in [1.807, 2.05) is 31.2 Å². The van der Waals surface area contributed by atoms with Crippen molar-refractivity contribution in [3.05, 3.63) is 35.4 Å². The van der Waals surface area contributed by atoms with Gasteiger partial charge in [0.1, 0.15) is 0 Å². The first-order valence-corrected chi connectivity index (χ1v) is 7.26. The Hall–Kier alpha value is -1.39. The van der Waals surface area contributed by atoms with Crippen molar-refractivity contribution in [1.82, 2.24) is 5.32 Å². The molecule has 1 amide bonds. The van der Waals surface area contributed by atoms with Crippen LogP contribution in [0.3, 0.4) is 0 Å². The molecule has 0 radical (unpaired) electrons. The van der Waals surface area contributed by atoms with Gasteiger partial charge in [0.25, 0.3) is 5.91 Å². The number of aliphatic hydroxyl groups is 1. The van der Waals surface area contributed by atoms with E-state index >= 15 is 0 Å². The molecular weight excluding hydrogens is 254 g/mol. The number of hydrogen-bond donors (Lipinski definition) is 2. The molecule has 1 aliphatic heterocycles. The molecule has 2 atom stereocenters. The zero-order valence-electron chi connectivity index (χ0n) is 11.8. The first-order chi connectivity index (χ1) is 9.64. The van der Waals surface area contributed by atoms with Crippen LogP contribution in [0, 0.1) is 5.92 Å². The topological polar surface area (TPSA) is 58.6 Å². The van der Waals surface area contributed by atoms with Gasteiger partial charge >= 0.3 is 0 Å². The summed E-state index contributed by atoms with van der Waals surface area (Å²) in [4.78, 5) is 12.5. The summed E-state index contributed by atoms with van der Waals surface area (Å²) < 4.78 is 5.66. The molecule has 108 valence electrons. The number of hydrogen-bond acceptors (Lipinski definition) is 3. The minimum absolute atomic E-state index is 0.0300. The molecule has 0 saturated heterocycles. The van der Waals surface area contributed by atoms with Crippen LogP contribution in [0.25, 0.3) is 0 Å². The molecule has 0 bridgehead atoms. The SMILES string of the molecule is CC(CO)(NC(=O)C1OCCc2ccccc21)C1CC1. The lowest BCUT2D eigenvalue weighted by molar-refractivity contribution is -0.136. The highest BCUT2D eigenvalue weighted by Crippen LogP contribution is 2.40. The Morgan fingerprint density at radius 3 is 2.90 bits per heavy atom. The summed E-state index contributed by atoms with van der Waals surface area (Å²) in [5, 5.41) is 12.6. The third-order valence-electron chi connectivity index (χ3n) is 4.45. The summed E-state index contributed by atoms with van der Waals surface area (Å²) in [5.74, 6) is 0.246. The maximum absolute atomic E-state index is 12.5. The van der Waals surface area contributed by atoms with Gasteiger partial charge in [-0.1, -0.05) is 24.3 Å². The maximum atomic E-state index is 12.5. The number of amides is 1. The number of ether oxygens (including phenoxy) is 1. The zero-order chi connectivity index (χ0) is 14.2. The number of carbonyl (C=O) groups is 1. The first kappa shape index (κ1) is 13.6. The largest absolute Gasteiger partial charge is 0.394 e. The van der Waals surface area contributed by atoms with Crippen LogP contribution in [0.2, 0.25) is 0 Å². The van der Waals surface area contributed by atoms with E-state index in [1.54, 1.807) is 0 Å². The fourth-order valence-electron chi connectivity index (χ4n) is 2.95. The van der Waals surface area contributed by atoms with Gasteiger partial charge in [-0.25, -0.2) is 0 Å². The van der Waals surface area contributed by atoms with E-state index in [1.165, 1.54) is 5.56 Å². The molecule has 0 aromatic heterocycles. The second kappa shape index (κ2) is 5.19. The minimum atomic E-state index is -0.551. The molecule has 3 rings (SSSR count). The summed E-state index contributed by atoms with van der Waals surface area (Å²) in [7, 11) is 0. The summed E-state index contributed by atoms with van der Waals surface area (Å²) >= 11 is 0. The van der Waals surface area contributed by atoms with Crippen LogP contribution in [0.4, 0.5) is 0 Å². The van der Waals surface area contributed by atoms with Crippen LogP contribution in [0.15, 0.2) is 24.3 Å². The van der Waals surface area contributed by atoms with Crippen LogP contribution in [0.1, 0.15) is 37.0 Å². The van der Waals surface area contributed by atoms with Crippen molar-refractivity contribution in [1.29, 1.82) is 0 Å². The lowest BCUT2D eigenvalue weighted by atomic mass is 9.93. The van der Waals surface area contributed by atoms with Gasteiger partial charge in [0, 0.05) is 0 Å². The molecule has 2 aliphatic rings. The van der Waals surface area contributed by atoms with Gasteiger partial charge in [0.15, 0.2) is 6.10 Å². The van der Waals surface area contributed by atoms with E-state index in [0.717, 1.165) is 24.8 Å². The third kappa shape index (κ3) is 2.45. The maximum Gasteiger partial charge on any atom is 0.254 e. The van der Waals surface area contributed by atoms with Gasteiger partial charge in [0.2, 0.25) is 0 Å². The Bertz CT molecular complexity index is 512. The number of carbonyl (C=O) groups excluding carboxylic acids is 1. The number of benzene rings is 1. The molecule has 1 saturated carbocycles. The normalized spacial score (nSPS) is 24.6. The van der Waals surface area contributed by atoms with Gasteiger partial charge in [0.05, 0.1) is 18.8 Å². The Labute approximate surface area is 119 Å². The summed E-state index contributed by atoms with van der Waals surface area (Å²) in [6.07, 6.45) is 2.43. The Morgan fingerprint density at radius 1 is 1.45 bits per heavy atom. The van der Waals surface area contributed by atoms with Gasteiger partial charge < -0.3 is 15.2 Å².